The maximum absolute atomic E-state index is 12.8. The Labute approximate surface area is 144 Å². The molecule has 134 valence electrons. The molecule has 0 bridgehead atoms. The van der Waals surface area contributed by atoms with E-state index in [9.17, 15) is 18.0 Å². The average molecular weight is 364 g/mol. The Morgan fingerprint density at radius 3 is 2.50 bits per heavy atom. The molecule has 1 saturated heterocycles. The fraction of sp³-hybridized carbons (Fsp3) is 0.562. The van der Waals surface area contributed by atoms with Crippen LogP contribution in [0.1, 0.15) is 25.3 Å². The summed E-state index contributed by atoms with van der Waals surface area (Å²) >= 11 is 5.90. The van der Waals surface area contributed by atoms with Crippen LogP contribution in [0.15, 0.2) is 18.2 Å². The van der Waals surface area contributed by atoms with Gasteiger partial charge in [0, 0.05) is 26.2 Å². The molecule has 0 atom stereocenters. The highest BCUT2D eigenvalue weighted by Gasteiger charge is 2.31. The molecule has 0 aliphatic carbocycles. The Morgan fingerprint density at radius 1 is 1.25 bits per heavy atom. The molecule has 4 nitrogen and oxygen atoms in total. The van der Waals surface area contributed by atoms with Gasteiger partial charge in [0.25, 0.3) is 0 Å². The third kappa shape index (κ3) is 5.01. The molecule has 1 aromatic rings. The fourth-order valence-corrected chi connectivity index (χ4v) is 2.71. The van der Waals surface area contributed by atoms with E-state index in [2.05, 4.69) is 17.1 Å². The summed E-state index contributed by atoms with van der Waals surface area (Å²) in [7, 11) is 0. The minimum atomic E-state index is -4.48. The van der Waals surface area contributed by atoms with Crippen molar-refractivity contribution < 1.29 is 18.0 Å². The first-order chi connectivity index (χ1) is 11.3. The predicted octanol–water partition coefficient (Wildman–Crippen LogP) is 4.31. The molecule has 2 amide bonds. The second-order valence-corrected chi connectivity index (χ2v) is 6.21. The normalized spacial score (nSPS) is 16.3. The fourth-order valence-electron chi connectivity index (χ4n) is 2.55. The Hall–Kier alpha value is -1.47. The van der Waals surface area contributed by atoms with Crippen LogP contribution < -0.4 is 5.32 Å². The summed E-state index contributed by atoms with van der Waals surface area (Å²) in [6.45, 7) is 5.76. The lowest BCUT2D eigenvalue weighted by atomic mass is 10.2. The first kappa shape index (κ1) is 18.9. The number of unbranched alkanes of at least 4 members (excludes halogenated alkanes) is 1. The molecule has 8 heteroatoms. The SMILES string of the molecule is CCCCN1CCN(C(=O)Nc2cc(C(F)(F)F)ccc2Cl)CC1. The Kier molecular flexibility index (Phi) is 6.34. The molecule has 0 saturated carbocycles. The van der Waals surface area contributed by atoms with Crippen LogP contribution in [0.25, 0.3) is 0 Å². The van der Waals surface area contributed by atoms with E-state index in [0.717, 1.165) is 50.7 Å². The Balaban J connectivity index is 1.96. The Morgan fingerprint density at radius 2 is 1.92 bits per heavy atom. The van der Waals surface area contributed by atoms with Crippen molar-refractivity contribution >= 4 is 23.3 Å². The Bertz CT molecular complexity index is 572. The van der Waals surface area contributed by atoms with Gasteiger partial charge in [-0.2, -0.15) is 13.2 Å². The summed E-state index contributed by atoms with van der Waals surface area (Å²) in [5.74, 6) is 0. The topological polar surface area (TPSA) is 35.6 Å². The molecule has 2 rings (SSSR count). The zero-order valence-electron chi connectivity index (χ0n) is 13.5. The highest BCUT2D eigenvalue weighted by atomic mass is 35.5. The largest absolute Gasteiger partial charge is 0.416 e. The van der Waals surface area contributed by atoms with Crippen molar-refractivity contribution in [2.75, 3.05) is 38.0 Å². The van der Waals surface area contributed by atoms with Gasteiger partial charge in [0.15, 0.2) is 0 Å². The van der Waals surface area contributed by atoms with E-state index in [-0.39, 0.29) is 10.7 Å². The zero-order valence-corrected chi connectivity index (χ0v) is 14.3. The van der Waals surface area contributed by atoms with Crippen molar-refractivity contribution in [1.82, 2.24) is 9.80 Å². The molecular weight excluding hydrogens is 343 g/mol. The van der Waals surface area contributed by atoms with E-state index >= 15 is 0 Å². The highest BCUT2D eigenvalue weighted by Crippen LogP contribution is 2.33. The number of amides is 2. The van der Waals surface area contributed by atoms with Crippen LogP contribution in [0.4, 0.5) is 23.7 Å². The number of piperazine rings is 1. The predicted molar refractivity (Wildman–Crippen MR) is 88.4 cm³/mol. The number of alkyl halides is 3. The van der Waals surface area contributed by atoms with Crippen molar-refractivity contribution in [2.45, 2.75) is 25.9 Å². The average Bonchev–Trinajstić information content (AvgIpc) is 2.54. The van der Waals surface area contributed by atoms with Crippen molar-refractivity contribution in [2.24, 2.45) is 0 Å². The number of benzene rings is 1. The maximum atomic E-state index is 12.8. The summed E-state index contributed by atoms with van der Waals surface area (Å²) < 4.78 is 38.3. The summed E-state index contributed by atoms with van der Waals surface area (Å²) in [5, 5.41) is 2.57. The molecule has 0 unspecified atom stereocenters. The quantitative estimate of drug-likeness (QED) is 0.865. The molecule has 1 aliphatic rings. The molecule has 1 aliphatic heterocycles. The van der Waals surface area contributed by atoms with E-state index in [1.165, 1.54) is 0 Å². The van der Waals surface area contributed by atoms with Gasteiger partial charge in [-0.25, -0.2) is 4.79 Å². The maximum Gasteiger partial charge on any atom is 0.416 e. The number of nitrogens with one attached hydrogen (secondary N) is 1. The summed E-state index contributed by atoms with van der Waals surface area (Å²) in [6, 6.07) is 2.47. The monoisotopic (exact) mass is 363 g/mol. The minimum Gasteiger partial charge on any atom is -0.322 e. The number of carbonyl (C=O) groups is 1. The van der Waals surface area contributed by atoms with Gasteiger partial charge < -0.3 is 10.2 Å². The lowest BCUT2D eigenvalue weighted by molar-refractivity contribution is -0.137. The molecule has 0 radical (unpaired) electrons. The van der Waals surface area contributed by atoms with E-state index in [1.807, 2.05) is 0 Å². The van der Waals surface area contributed by atoms with Crippen LogP contribution in [-0.2, 0) is 6.18 Å². The van der Waals surface area contributed by atoms with Crippen LogP contribution in [-0.4, -0.2) is 48.6 Å². The lowest BCUT2D eigenvalue weighted by Gasteiger charge is -2.34. The van der Waals surface area contributed by atoms with E-state index in [0.29, 0.717) is 13.1 Å². The van der Waals surface area contributed by atoms with Crippen LogP contribution in [0.2, 0.25) is 5.02 Å². The second-order valence-electron chi connectivity index (χ2n) is 5.80. The molecule has 1 fully saturated rings. The van der Waals surface area contributed by atoms with Gasteiger partial charge in [0.1, 0.15) is 0 Å². The van der Waals surface area contributed by atoms with Crippen molar-refractivity contribution in [3.8, 4) is 0 Å². The van der Waals surface area contributed by atoms with E-state index in [4.69, 9.17) is 11.6 Å². The minimum absolute atomic E-state index is 0.0232. The molecule has 1 N–H and O–H groups in total. The van der Waals surface area contributed by atoms with Gasteiger partial charge in [-0.1, -0.05) is 24.9 Å². The number of hydrogen-bond acceptors (Lipinski definition) is 2. The van der Waals surface area contributed by atoms with Gasteiger partial charge in [0.2, 0.25) is 0 Å². The van der Waals surface area contributed by atoms with Crippen LogP contribution in [0.3, 0.4) is 0 Å². The summed E-state index contributed by atoms with van der Waals surface area (Å²) in [4.78, 5) is 16.1. The van der Waals surface area contributed by atoms with Crippen molar-refractivity contribution in [3.05, 3.63) is 28.8 Å². The van der Waals surface area contributed by atoms with E-state index in [1.54, 1.807) is 4.90 Å². The van der Waals surface area contributed by atoms with Crippen molar-refractivity contribution in [1.29, 1.82) is 0 Å². The molecular formula is C16H21ClF3N3O. The standard InChI is InChI=1S/C16H21ClF3N3O/c1-2-3-6-22-7-9-23(10-8-22)15(24)21-14-11-12(16(18,19)20)4-5-13(14)17/h4-5,11H,2-3,6-10H2,1H3,(H,21,24). The number of halogens is 4. The number of nitrogens with zero attached hydrogens (tertiary/aromatic N) is 2. The van der Waals surface area contributed by atoms with Crippen LogP contribution >= 0.6 is 11.6 Å². The van der Waals surface area contributed by atoms with Gasteiger partial charge in [0.05, 0.1) is 16.3 Å². The van der Waals surface area contributed by atoms with Gasteiger partial charge in [-0.15, -0.1) is 0 Å². The lowest BCUT2D eigenvalue weighted by Crippen LogP contribution is -2.50. The summed E-state index contributed by atoms with van der Waals surface area (Å²) in [5.41, 5.74) is -0.864. The van der Waals surface area contributed by atoms with Crippen molar-refractivity contribution in [3.63, 3.8) is 0 Å². The molecule has 0 aromatic heterocycles. The number of anilines is 1. The smallest absolute Gasteiger partial charge is 0.322 e. The summed E-state index contributed by atoms with van der Waals surface area (Å²) in [6.07, 6.45) is -2.24. The number of rotatable bonds is 4. The van der Waals surface area contributed by atoms with Crippen LogP contribution in [0.5, 0.6) is 0 Å². The van der Waals surface area contributed by atoms with Gasteiger partial charge in [-0.05, 0) is 31.2 Å². The zero-order chi connectivity index (χ0) is 17.7. The first-order valence-electron chi connectivity index (χ1n) is 7.96. The van der Waals surface area contributed by atoms with Gasteiger partial charge in [-0.3, -0.25) is 4.90 Å². The third-order valence-corrected chi connectivity index (χ3v) is 4.35. The molecule has 24 heavy (non-hydrogen) atoms. The van der Waals surface area contributed by atoms with Crippen LogP contribution in [0, 0.1) is 0 Å². The molecule has 1 aromatic carbocycles. The number of hydrogen-bond donors (Lipinski definition) is 1. The molecule has 1 heterocycles. The highest BCUT2D eigenvalue weighted by molar-refractivity contribution is 6.33. The molecule has 0 spiro atoms. The first-order valence-corrected chi connectivity index (χ1v) is 8.34. The number of carbonyl (C=O) groups excluding carboxylic acids is 1. The van der Waals surface area contributed by atoms with E-state index < -0.39 is 17.8 Å². The van der Waals surface area contributed by atoms with Gasteiger partial charge >= 0.3 is 12.2 Å². The third-order valence-electron chi connectivity index (χ3n) is 4.02. The second kappa shape index (κ2) is 8.07. The number of urea groups is 1.